The SMILES string of the molecule is CCCCCCCCCCSOP(OSCCCCCCCCCC)OSCCCCCCCCCC. The number of unbranched alkanes of at least 4 members (excludes halogenated alkanes) is 21. The molecule has 0 fully saturated rings. The van der Waals surface area contributed by atoms with Crippen LogP contribution >= 0.6 is 44.7 Å². The molecular weight excluding hydrogens is 536 g/mol. The molecule has 0 unspecified atom stereocenters. The van der Waals surface area contributed by atoms with E-state index in [1.807, 2.05) is 0 Å². The van der Waals surface area contributed by atoms with Crippen molar-refractivity contribution in [1.29, 1.82) is 0 Å². The van der Waals surface area contributed by atoms with E-state index < -0.39 is 8.60 Å². The van der Waals surface area contributed by atoms with E-state index >= 15 is 0 Å². The monoisotopic (exact) mass is 598 g/mol. The molecule has 0 aliphatic rings. The highest BCUT2D eigenvalue weighted by Crippen LogP contribution is 2.50. The van der Waals surface area contributed by atoms with Crippen LogP contribution < -0.4 is 0 Å². The van der Waals surface area contributed by atoms with Crippen molar-refractivity contribution in [1.82, 2.24) is 0 Å². The van der Waals surface area contributed by atoms with Crippen molar-refractivity contribution in [3.05, 3.63) is 0 Å². The second kappa shape index (κ2) is 35.4. The Morgan fingerprint density at radius 2 is 0.541 bits per heavy atom. The molecule has 0 saturated heterocycles. The van der Waals surface area contributed by atoms with Crippen LogP contribution in [0.3, 0.4) is 0 Å². The third-order valence-corrected chi connectivity index (χ3v) is 10.7. The van der Waals surface area contributed by atoms with Gasteiger partial charge in [-0.25, -0.2) is 11.9 Å². The van der Waals surface area contributed by atoms with Crippen LogP contribution in [0, 0.1) is 0 Å². The zero-order chi connectivity index (χ0) is 26.9. The molecule has 0 aromatic rings. The summed E-state index contributed by atoms with van der Waals surface area (Å²) in [6.45, 7) is 6.84. The zero-order valence-electron chi connectivity index (χ0n) is 25.0. The standard InChI is InChI=1S/C30H63O3PS3/c1-4-7-10-13-16-19-22-25-28-35-31-34(32-36-29-26-23-20-17-14-11-8-5-2)33-37-30-27-24-21-18-15-12-9-6-3/h4-30H2,1-3H3. The van der Waals surface area contributed by atoms with Gasteiger partial charge in [-0.1, -0.05) is 156 Å². The lowest BCUT2D eigenvalue weighted by Gasteiger charge is -2.14. The summed E-state index contributed by atoms with van der Waals surface area (Å²) in [6.07, 6.45) is 32.4. The maximum absolute atomic E-state index is 5.96. The summed E-state index contributed by atoms with van der Waals surface area (Å²) < 4.78 is 17.9. The Balaban J connectivity index is 3.87. The van der Waals surface area contributed by atoms with E-state index in [2.05, 4.69) is 20.8 Å². The molecule has 0 bridgehead atoms. The first-order valence-corrected chi connectivity index (χ1v) is 19.9. The van der Waals surface area contributed by atoms with Crippen LogP contribution in [-0.4, -0.2) is 17.3 Å². The minimum absolute atomic E-state index is 1.03. The summed E-state index contributed by atoms with van der Waals surface area (Å²) in [6, 6.07) is 0. The van der Waals surface area contributed by atoms with Gasteiger partial charge in [-0.2, -0.15) is 0 Å². The van der Waals surface area contributed by atoms with Gasteiger partial charge < -0.3 is 0 Å². The van der Waals surface area contributed by atoms with Crippen LogP contribution in [0.1, 0.15) is 175 Å². The largest absolute Gasteiger partial charge is 0.369 e. The van der Waals surface area contributed by atoms with Crippen LogP contribution in [0.25, 0.3) is 0 Å². The van der Waals surface area contributed by atoms with Gasteiger partial charge >= 0.3 is 8.60 Å². The van der Waals surface area contributed by atoms with Gasteiger partial charge in [0.25, 0.3) is 0 Å². The zero-order valence-corrected chi connectivity index (χ0v) is 28.3. The van der Waals surface area contributed by atoms with Gasteiger partial charge in [0.1, 0.15) is 0 Å². The van der Waals surface area contributed by atoms with Gasteiger partial charge in [-0.15, -0.1) is 0 Å². The molecule has 224 valence electrons. The van der Waals surface area contributed by atoms with E-state index in [0.717, 1.165) is 17.3 Å². The Hall–Kier alpha value is 1.36. The number of hydrogen-bond donors (Lipinski definition) is 0. The predicted molar refractivity (Wildman–Crippen MR) is 175 cm³/mol. The van der Waals surface area contributed by atoms with Crippen molar-refractivity contribution in [2.45, 2.75) is 175 Å². The molecule has 0 aliphatic heterocycles. The Morgan fingerprint density at radius 3 is 0.784 bits per heavy atom. The van der Waals surface area contributed by atoms with Gasteiger partial charge in [-0.05, 0) is 19.3 Å². The molecule has 0 amide bonds. The fourth-order valence-corrected chi connectivity index (χ4v) is 8.02. The third kappa shape index (κ3) is 33.5. The summed E-state index contributed by atoms with van der Waals surface area (Å²) >= 11 is 4.64. The summed E-state index contributed by atoms with van der Waals surface area (Å²) in [4.78, 5) is 0. The fraction of sp³-hybridized carbons (Fsp3) is 1.00. The first kappa shape index (κ1) is 38.4. The molecule has 0 N–H and O–H groups in total. The summed E-state index contributed by atoms with van der Waals surface area (Å²) in [7, 11) is -1.28. The molecule has 0 heterocycles. The second-order valence-electron chi connectivity index (χ2n) is 10.3. The summed E-state index contributed by atoms with van der Waals surface area (Å²) in [5.74, 6) is 3.10. The van der Waals surface area contributed by atoms with Crippen LogP contribution in [0.2, 0.25) is 0 Å². The molecule has 3 nitrogen and oxygen atoms in total. The van der Waals surface area contributed by atoms with Crippen molar-refractivity contribution in [2.75, 3.05) is 17.3 Å². The van der Waals surface area contributed by atoms with Crippen molar-refractivity contribution in [3.63, 3.8) is 0 Å². The Bertz CT molecular complexity index is 351. The molecule has 37 heavy (non-hydrogen) atoms. The molecule has 0 radical (unpaired) electrons. The third-order valence-electron chi connectivity index (χ3n) is 6.58. The van der Waals surface area contributed by atoms with Gasteiger partial charge in [0.15, 0.2) is 0 Å². The maximum atomic E-state index is 5.96. The van der Waals surface area contributed by atoms with Crippen molar-refractivity contribution < 1.29 is 11.9 Å². The van der Waals surface area contributed by atoms with Crippen LogP contribution in [0.5, 0.6) is 0 Å². The lowest BCUT2D eigenvalue weighted by molar-refractivity contribution is 0.467. The van der Waals surface area contributed by atoms with Crippen LogP contribution in [-0.2, 0) is 11.9 Å². The van der Waals surface area contributed by atoms with Crippen molar-refractivity contribution in [2.24, 2.45) is 0 Å². The number of hydrogen-bond acceptors (Lipinski definition) is 6. The van der Waals surface area contributed by atoms with Crippen molar-refractivity contribution >= 4 is 44.7 Å². The molecular formula is C30H63O3PS3. The Kier molecular flexibility index (Phi) is 36.7. The van der Waals surface area contributed by atoms with E-state index in [9.17, 15) is 0 Å². The lowest BCUT2D eigenvalue weighted by Crippen LogP contribution is -1.89. The van der Waals surface area contributed by atoms with Gasteiger partial charge in [0, 0.05) is 53.4 Å². The highest BCUT2D eigenvalue weighted by Gasteiger charge is 2.15. The predicted octanol–water partition coefficient (Wildman–Crippen LogP) is 13.6. The van der Waals surface area contributed by atoms with E-state index in [-0.39, 0.29) is 0 Å². The molecule has 7 heteroatoms. The topological polar surface area (TPSA) is 27.7 Å². The van der Waals surface area contributed by atoms with Gasteiger partial charge in [0.05, 0.1) is 0 Å². The maximum Gasteiger partial charge on any atom is 0.369 e. The quantitative estimate of drug-likeness (QED) is 0.0424. The molecule has 0 rings (SSSR count). The highest BCUT2D eigenvalue weighted by molar-refractivity contribution is 8.03. The smallest absolute Gasteiger partial charge is 0.239 e. The fourth-order valence-electron chi connectivity index (χ4n) is 4.16. The first-order valence-electron chi connectivity index (χ1n) is 16.0. The minimum Gasteiger partial charge on any atom is -0.239 e. The minimum atomic E-state index is -1.28. The Labute approximate surface area is 247 Å². The normalized spacial score (nSPS) is 11.7. The summed E-state index contributed by atoms with van der Waals surface area (Å²) in [5, 5.41) is 0. The highest BCUT2D eigenvalue weighted by atomic mass is 32.2. The number of rotatable bonds is 33. The molecule has 0 aromatic carbocycles. The van der Waals surface area contributed by atoms with E-state index in [4.69, 9.17) is 11.9 Å². The average molecular weight is 599 g/mol. The van der Waals surface area contributed by atoms with Crippen LogP contribution in [0.4, 0.5) is 0 Å². The van der Waals surface area contributed by atoms with Gasteiger partial charge in [-0.3, -0.25) is 0 Å². The lowest BCUT2D eigenvalue weighted by atomic mass is 10.1. The average Bonchev–Trinajstić information content (AvgIpc) is 2.91. The second-order valence-corrected chi connectivity index (χ2v) is 14.5. The van der Waals surface area contributed by atoms with Crippen molar-refractivity contribution in [3.8, 4) is 0 Å². The van der Waals surface area contributed by atoms with Gasteiger partial charge in [0.2, 0.25) is 0 Å². The van der Waals surface area contributed by atoms with Crippen LogP contribution in [0.15, 0.2) is 0 Å². The molecule has 0 aromatic heterocycles. The van der Waals surface area contributed by atoms with E-state index in [1.165, 1.54) is 154 Å². The first-order chi connectivity index (χ1) is 18.3. The molecule has 0 spiro atoms. The Morgan fingerprint density at radius 1 is 0.324 bits per heavy atom. The molecule has 0 saturated carbocycles. The van der Waals surface area contributed by atoms with E-state index in [1.54, 1.807) is 36.1 Å². The van der Waals surface area contributed by atoms with E-state index in [0.29, 0.717) is 0 Å². The summed E-state index contributed by atoms with van der Waals surface area (Å²) in [5.41, 5.74) is 0. The molecule has 0 aliphatic carbocycles. The molecule has 0 atom stereocenters.